The number of nitrogens with one attached hydrogen (secondary N) is 1. The zero-order chi connectivity index (χ0) is 19.8. The Balaban J connectivity index is 1.64. The first-order valence-corrected chi connectivity index (χ1v) is 10.2. The average Bonchev–Trinajstić information content (AvgIpc) is 3.16. The third-order valence-corrected chi connectivity index (χ3v) is 6.48. The molecule has 0 saturated heterocycles. The van der Waals surface area contributed by atoms with Gasteiger partial charge in [-0.2, -0.15) is 0 Å². The first-order chi connectivity index (χ1) is 14.8. The third kappa shape index (κ3) is 2.03. The molecule has 1 nitrogen and oxygen atoms in total. The minimum atomic E-state index is 0.837. The summed E-state index contributed by atoms with van der Waals surface area (Å²) in [7, 11) is 6.32. The maximum absolute atomic E-state index is 6.32. The van der Waals surface area contributed by atoms with Crippen LogP contribution >= 0.6 is 0 Å². The fourth-order valence-electron chi connectivity index (χ4n) is 5.11. The lowest BCUT2D eigenvalue weighted by atomic mass is 9.84. The van der Waals surface area contributed by atoms with Crippen molar-refractivity contribution in [1.29, 1.82) is 0 Å². The lowest BCUT2D eigenvalue weighted by molar-refractivity contribution is 1.55. The lowest BCUT2D eigenvalue weighted by Crippen LogP contribution is -2.03. The van der Waals surface area contributed by atoms with Crippen molar-refractivity contribution in [3.63, 3.8) is 0 Å². The van der Waals surface area contributed by atoms with E-state index in [0.29, 0.717) is 0 Å². The second-order valence-corrected chi connectivity index (χ2v) is 8.13. The molecule has 0 atom stereocenters. The molecule has 30 heavy (non-hydrogen) atoms. The van der Waals surface area contributed by atoms with Gasteiger partial charge in [-0.15, -0.1) is 0 Å². The molecule has 1 N–H and O–H groups in total. The van der Waals surface area contributed by atoms with Gasteiger partial charge in [0.1, 0.15) is 7.85 Å². The molecule has 0 unspecified atom stereocenters. The van der Waals surface area contributed by atoms with E-state index in [-0.39, 0.29) is 0 Å². The molecular formula is C28H16BN. The molecule has 2 radical (unpaired) electrons. The van der Waals surface area contributed by atoms with E-state index in [1.54, 1.807) is 0 Å². The zero-order valence-electron chi connectivity index (χ0n) is 16.2. The van der Waals surface area contributed by atoms with Gasteiger partial charge in [0.15, 0.2) is 0 Å². The fourth-order valence-corrected chi connectivity index (χ4v) is 5.11. The number of hydrogen-bond donors (Lipinski definition) is 1. The molecule has 7 rings (SSSR count). The van der Waals surface area contributed by atoms with E-state index in [1.807, 2.05) is 6.07 Å². The molecule has 0 bridgehead atoms. The highest BCUT2D eigenvalue weighted by molar-refractivity contribution is 6.43. The molecule has 2 heteroatoms. The topological polar surface area (TPSA) is 15.8 Å². The molecule has 0 aliphatic carbocycles. The molecule has 136 valence electrons. The zero-order valence-corrected chi connectivity index (χ0v) is 16.2. The van der Waals surface area contributed by atoms with Gasteiger partial charge < -0.3 is 4.98 Å². The second-order valence-electron chi connectivity index (χ2n) is 8.13. The van der Waals surface area contributed by atoms with E-state index in [2.05, 4.69) is 89.9 Å². The average molecular weight is 377 g/mol. The number of H-pyrrole nitrogens is 1. The number of aromatic amines is 1. The first-order valence-electron chi connectivity index (χ1n) is 10.2. The summed E-state index contributed by atoms with van der Waals surface area (Å²) in [6.45, 7) is 0. The van der Waals surface area contributed by atoms with Crippen LogP contribution in [0.1, 0.15) is 0 Å². The molecule has 0 aliphatic rings. The maximum atomic E-state index is 6.32. The maximum Gasteiger partial charge on any atom is 0.114 e. The minimum Gasteiger partial charge on any atom is -0.354 e. The summed E-state index contributed by atoms with van der Waals surface area (Å²) in [6.07, 6.45) is 0. The van der Waals surface area contributed by atoms with Gasteiger partial charge in [0.25, 0.3) is 0 Å². The first kappa shape index (κ1) is 16.1. The van der Waals surface area contributed by atoms with Crippen molar-refractivity contribution >= 4 is 67.4 Å². The highest BCUT2D eigenvalue weighted by atomic mass is 14.7. The third-order valence-electron chi connectivity index (χ3n) is 6.48. The van der Waals surface area contributed by atoms with Gasteiger partial charge in [-0.05, 0) is 55.6 Å². The summed E-state index contributed by atoms with van der Waals surface area (Å²) in [5.41, 5.74) is 5.64. The standard InChI is InChI=1S/C28H16BN/c29-23-13-9-17-6-12-22-27-19(8-10-20(23)26(17)27)15-25-28(22)21-11-7-18(14-24(21)30-25)16-4-2-1-3-5-16/h1-15,30H. The number of aromatic nitrogens is 1. The molecule has 7 aromatic rings. The van der Waals surface area contributed by atoms with Crippen LogP contribution in [0.15, 0.2) is 91.0 Å². The van der Waals surface area contributed by atoms with Crippen LogP contribution in [-0.4, -0.2) is 12.8 Å². The van der Waals surface area contributed by atoms with Crippen molar-refractivity contribution in [3.05, 3.63) is 91.0 Å². The van der Waals surface area contributed by atoms with Crippen molar-refractivity contribution in [2.75, 3.05) is 0 Å². The molecule has 0 aliphatic heterocycles. The highest BCUT2D eigenvalue weighted by Crippen LogP contribution is 2.41. The van der Waals surface area contributed by atoms with Crippen molar-refractivity contribution < 1.29 is 0 Å². The molecule has 0 saturated carbocycles. The molecule has 1 heterocycles. The van der Waals surface area contributed by atoms with Crippen molar-refractivity contribution in [2.45, 2.75) is 0 Å². The van der Waals surface area contributed by atoms with Gasteiger partial charge in [0.2, 0.25) is 0 Å². The molecule has 6 aromatic carbocycles. The Morgan fingerprint density at radius 1 is 0.500 bits per heavy atom. The normalized spacial score (nSPS) is 12.1. The van der Waals surface area contributed by atoms with Gasteiger partial charge in [0.05, 0.1) is 0 Å². The van der Waals surface area contributed by atoms with Crippen molar-refractivity contribution in [2.24, 2.45) is 0 Å². The molecule has 0 amide bonds. The van der Waals surface area contributed by atoms with Gasteiger partial charge in [-0.25, -0.2) is 0 Å². The SMILES string of the molecule is [B]c1ccc2ccc3c4c(cc5ccc1c2c53)[nH]c1cc(-c2ccccc2)ccc14. The summed E-state index contributed by atoms with van der Waals surface area (Å²) >= 11 is 0. The van der Waals surface area contributed by atoms with E-state index < -0.39 is 0 Å². The monoisotopic (exact) mass is 377 g/mol. The summed E-state index contributed by atoms with van der Waals surface area (Å²) in [6, 6.07) is 32.5. The highest BCUT2D eigenvalue weighted by Gasteiger charge is 2.15. The number of benzene rings is 6. The fraction of sp³-hybridized carbons (Fsp3) is 0. The van der Waals surface area contributed by atoms with Crippen LogP contribution in [0, 0.1) is 0 Å². The van der Waals surface area contributed by atoms with Crippen LogP contribution < -0.4 is 5.46 Å². The Morgan fingerprint density at radius 3 is 2.13 bits per heavy atom. The molecule has 1 aromatic heterocycles. The van der Waals surface area contributed by atoms with E-state index in [0.717, 1.165) is 10.8 Å². The number of hydrogen-bond acceptors (Lipinski definition) is 0. The summed E-state index contributed by atoms with van der Waals surface area (Å²) in [5, 5.41) is 10.0. The lowest BCUT2D eigenvalue weighted by Gasteiger charge is -2.13. The summed E-state index contributed by atoms with van der Waals surface area (Å²) in [5.74, 6) is 0. The Labute approximate surface area is 174 Å². The summed E-state index contributed by atoms with van der Waals surface area (Å²) < 4.78 is 0. The van der Waals surface area contributed by atoms with Crippen LogP contribution in [0.3, 0.4) is 0 Å². The van der Waals surface area contributed by atoms with E-state index in [1.165, 1.54) is 59.9 Å². The molecular weight excluding hydrogens is 361 g/mol. The van der Waals surface area contributed by atoms with Crippen LogP contribution in [0.25, 0.3) is 65.3 Å². The van der Waals surface area contributed by atoms with Crippen LogP contribution in [0.2, 0.25) is 0 Å². The Bertz CT molecular complexity index is 1740. The van der Waals surface area contributed by atoms with Crippen molar-refractivity contribution in [1.82, 2.24) is 4.98 Å². The van der Waals surface area contributed by atoms with Crippen LogP contribution in [0.5, 0.6) is 0 Å². The van der Waals surface area contributed by atoms with Gasteiger partial charge in [0, 0.05) is 21.8 Å². The number of fused-ring (bicyclic) bond motifs is 4. The Hall–Kier alpha value is -3.78. The van der Waals surface area contributed by atoms with Crippen molar-refractivity contribution in [3.8, 4) is 11.1 Å². The summed E-state index contributed by atoms with van der Waals surface area (Å²) in [4.78, 5) is 3.68. The molecule has 0 fully saturated rings. The van der Waals surface area contributed by atoms with Crippen LogP contribution in [-0.2, 0) is 0 Å². The van der Waals surface area contributed by atoms with Gasteiger partial charge in [-0.1, -0.05) is 84.3 Å². The van der Waals surface area contributed by atoms with Gasteiger partial charge >= 0.3 is 0 Å². The molecule has 0 spiro atoms. The predicted molar refractivity (Wildman–Crippen MR) is 130 cm³/mol. The van der Waals surface area contributed by atoms with E-state index in [4.69, 9.17) is 7.85 Å². The smallest absolute Gasteiger partial charge is 0.114 e. The van der Waals surface area contributed by atoms with Gasteiger partial charge in [-0.3, -0.25) is 0 Å². The quantitative estimate of drug-likeness (QED) is 0.243. The Morgan fingerprint density at radius 2 is 1.23 bits per heavy atom. The van der Waals surface area contributed by atoms with E-state index >= 15 is 0 Å². The number of rotatable bonds is 1. The van der Waals surface area contributed by atoms with E-state index in [9.17, 15) is 0 Å². The Kier molecular flexibility index (Phi) is 3.02. The minimum absolute atomic E-state index is 0.837. The second kappa shape index (κ2) is 5.64. The predicted octanol–water partition coefficient (Wildman–Crippen LogP) is 6.68. The van der Waals surface area contributed by atoms with Crippen LogP contribution in [0.4, 0.5) is 0 Å². The largest absolute Gasteiger partial charge is 0.354 e.